The van der Waals surface area contributed by atoms with Crippen molar-refractivity contribution in [1.82, 2.24) is 20.2 Å². The van der Waals surface area contributed by atoms with Crippen LogP contribution in [0.1, 0.15) is 0 Å². The Kier molecular flexibility index (Phi) is 3.35. The number of para-hydroxylation sites is 1. The summed E-state index contributed by atoms with van der Waals surface area (Å²) in [4.78, 5) is 9.24. The van der Waals surface area contributed by atoms with Crippen molar-refractivity contribution in [3.63, 3.8) is 0 Å². The van der Waals surface area contributed by atoms with Gasteiger partial charge in [-0.2, -0.15) is 0 Å². The maximum absolute atomic E-state index is 4.53. The number of nitrogens with one attached hydrogen (secondary N) is 2. The molecule has 3 aromatic rings. The van der Waals surface area contributed by atoms with Crippen LogP contribution in [-0.2, 0) is 0 Å². The van der Waals surface area contributed by atoms with E-state index >= 15 is 0 Å². The molecule has 98 valence electrons. The summed E-state index contributed by atoms with van der Waals surface area (Å²) < 4.78 is 0. The van der Waals surface area contributed by atoms with Crippen molar-refractivity contribution in [1.29, 1.82) is 0 Å². The minimum Gasteiger partial charge on any atom is -0.339 e. The number of hydrogen-bond donors (Lipinski definition) is 2. The molecule has 5 nitrogen and oxygen atoms in total. The van der Waals surface area contributed by atoms with Gasteiger partial charge in [0.05, 0.1) is 26.4 Å². The van der Waals surface area contributed by atoms with Crippen LogP contribution < -0.4 is 4.90 Å². The second kappa shape index (κ2) is 5.14. The first kappa shape index (κ1) is 12.4. The van der Waals surface area contributed by atoms with Crippen molar-refractivity contribution < 1.29 is 4.90 Å². The lowest BCUT2D eigenvalue weighted by atomic mass is 10.2. The van der Waals surface area contributed by atoms with Gasteiger partial charge in [0.1, 0.15) is 5.52 Å². The Labute approximate surface area is 115 Å². The van der Waals surface area contributed by atoms with Crippen molar-refractivity contribution >= 4 is 33.8 Å². The van der Waals surface area contributed by atoms with Crippen LogP contribution in [0.3, 0.4) is 0 Å². The van der Waals surface area contributed by atoms with E-state index in [4.69, 9.17) is 0 Å². The van der Waals surface area contributed by atoms with E-state index in [-0.39, 0.29) is 0 Å². The number of nitrogens with zero attached hydrogens (tertiary/aromatic N) is 3. The predicted molar refractivity (Wildman–Crippen MR) is 77.6 cm³/mol. The van der Waals surface area contributed by atoms with Crippen LogP contribution in [-0.4, -0.2) is 46.6 Å². The van der Waals surface area contributed by atoms with Gasteiger partial charge >= 0.3 is 0 Å². The van der Waals surface area contributed by atoms with Crippen LogP contribution >= 0.6 is 11.8 Å². The SMILES string of the molecule is C[NH+](C)CCSc1nnc2c(n1)[nH]c1ccccc12. The minimum atomic E-state index is 0.736. The summed E-state index contributed by atoms with van der Waals surface area (Å²) in [5.41, 5.74) is 2.72. The van der Waals surface area contributed by atoms with Gasteiger partial charge in [0.2, 0.25) is 5.16 Å². The molecule has 0 saturated carbocycles. The summed E-state index contributed by atoms with van der Waals surface area (Å²) in [5.74, 6) is 0.996. The zero-order valence-corrected chi connectivity index (χ0v) is 11.8. The number of fused-ring (bicyclic) bond motifs is 3. The lowest BCUT2D eigenvalue weighted by Crippen LogP contribution is -3.06. The van der Waals surface area contributed by atoms with Gasteiger partial charge in [-0.1, -0.05) is 30.0 Å². The van der Waals surface area contributed by atoms with Crippen LogP contribution in [0.25, 0.3) is 22.1 Å². The van der Waals surface area contributed by atoms with E-state index < -0.39 is 0 Å². The zero-order chi connectivity index (χ0) is 13.2. The molecule has 0 spiro atoms. The highest BCUT2D eigenvalue weighted by Gasteiger charge is 2.09. The topological polar surface area (TPSA) is 58.9 Å². The quantitative estimate of drug-likeness (QED) is 0.689. The first-order valence-electron chi connectivity index (χ1n) is 6.27. The van der Waals surface area contributed by atoms with Crippen LogP contribution in [0.2, 0.25) is 0 Å². The van der Waals surface area contributed by atoms with Gasteiger partial charge in [0.25, 0.3) is 0 Å². The average molecular weight is 274 g/mol. The molecular formula is C13H16N5S+. The van der Waals surface area contributed by atoms with Gasteiger partial charge in [-0.3, -0.25) is 0 Å². The molecule has 3 rings (SSSR count). The average Bonchev–Trinajstić information content (AvgIpc) is 2.76. The van der Waals surface area contributed by atoms with Gasteiger partial charge in [-0.15, -0.1) is 10.2 Å². The van der Waals surface area contributed by atoms with Crippen LogP contribution in [0.4, 0.5) is 0 Å². The highest BCUT2D eigenvalue weighted by molar-refractivity contribution is 7.99. The van der Waals surface area contributed by atoms with Gasteiger partial charge in [0, 0.05) is 10.9 Å². The maximum atomic E-state index is 4.53. The first-order valence-corrected chi connectivity index (χ1v) is 7.25. The molecule has 2 heterocycles. The third kappa shape index (κ3) is 2.54. The molecule has 0 radical (unpaired) electrons. The summed E-state index contributed by atoms with van der Waals surface area (Å²) in [5, 5.41) is 10.3. The first-order chi connectivity index (χ1) is 9.24. The second-order valence-corrected chi connectivity index (χ2v) is 5.83. The Balaban J connectivity index is 1.90. The number of quaternary nitrogens is 1. The fraction of sp³-hybridized carbons (Fsp3) is 0.308. The van der Waals surface area contributed by atoms with Crippen molar-refractivity contribution in [2.45, 2.75) is 5.16 Å². The fourth-order valence-corrected chi connectivity index (χ4v) is 2.86. The number of aromatic amines is 1. The Morgan fingerprint density at radius 1 is 1.21 bits per heavy atom. The molecule has 0 unspecified atom stereocenters. The summed E-state index contributed by atoms with van der Waals surface area (Å²) in [6, 6.07) is 8.06. The van der Waals surface area contributed by atoms with E-state index in [2.05, 4.69) is 34.3 Å². The molecule has 0 aliphatic heterocycles. The van der Waals surface area contributed by atoms with E-state index in [1.807, 2.05) is 24.3 Å². The number of H-pyrrole nitrogens is 1. The fourth-order valence-electron chi connectivity index (χ4n) is 1.91. The molecule has 0 fully saturated rings. The van der Waals surface area contributed by atoms with Gasteiger partial charge in [-0.05, 0) is 6.07 Å². The smallest absolute Gasteiger partial charge is 0.211 e. The van der Waals surface area contributed by atoms with Crippen LogP contribution in [0.15, 0.2) is 29.4 Å². The molecule has 0 bridgehead atoms. The highest BCUT2D eigenvalue weighted by atomic mass is 32.2. The van der Waals surface area contributed by atoms with E-state index in [1.54, 1.807) is 11.8 Å². The Bertz CT molecular complexity index is 706. The van der Waals surface area contributed by atoms with Crippen molar-refractivity contribution in [3.8, 4) is 0 Å². The highest BCUT2D eigenvalue weighted by Crippen LogP contribution is 2.22. The molecule has 6 heteroatoms. The molecule has 2 N–H and O–H groups in total. The Morgan fingerprint density at radius 2 is 2.05 bits per heavy atom. The standard InChI is InChI=1S/C13H15N5S/c1-18(2)7-8-19-13-15-12-11(16-17-13)9-5-3-4-6-10(9)14-12/h3-6H,7-8H2,1-2H3,(H,14,15,17)/p+1. The lowest BCUT2D eigenvalue weighted by Gasteiger charge is -2.05. The molecule has 2 aromatic heterocycles. The van der Waals surface area contributed by atoms with E-state index in [0.29, 0.717) is 0 Å². The summed E-state index contributed by atoms with van der Waals surface area (Å²) in [6.45, 7) is 1.08. The third-order valence-corrected chi connectivity index (χ3v) is 3.78. The molecule has 19 heavy (non-hydrogen) atoms. The maximum Gasteiger partial charge on any atom is 0.211 e. The van der Waals surface area contributed by atoms with Gasteiger partial charge < -0.3 is 9.88 Å². The van der Waals surface area contributed by atoms with E-state index in [9.17, 15) is 0 Å². The number of benzene rings is 1. The summed E-state index contributed by atoms with van der Waals surface area (Å²) in [7, 11) is 4.28. The number of thioether (sulfide) groups is 1. The molecule has 0 aliphatic carbocycles. The number of rotatable bonds is 4. The Morgan fingerprint density at radius 3 is 2.89 bits per heavy atom. The van der Waals surface area contributed by atoms with E-state index in [1.165, 1.54) is 4.90 Å². The molecule has 0 aliphatic rings. The van der Waals surface area contributed by atoms with Crippen molar-refractivity contribution in [2.24, 2.45) is 0 Å². The molecule has 1 aromatic carbocycles. The largest absolute Gasteiger partial charge is 0.339 e. The van der Waals surface area contributed by atoms with Crippen LogP contribution in [0, 0.1) is 0 Å². The lowest BCUT2D eigenvalue weighted by molar-refractivity contribution is -0.855. The zero-order valence-electron chi connectivity index (χ0n) is 11.0. The monoisotopic (exact) mass is 274 g/mol. The third-order valence-electron chi connectivity index (χ3n) is 2.94. The van der Waals surface area contributed by atoms with Gasteiger partial charge in [0.15, 0.2) is 5.65 Å². The van der Waals surface area contributed by atoms with Gasteiger partial charge in [-0.25, -0.2) is 4.98 Å². The minimum absolute atomic E-state index is 0.736. The molecule has 0 atom stereocenters. The summed E-state index contributed by atoms with van der Waals surface area (Å²) >= 11 is 1.65. The molecular weight excluding hydrogens is 258 g/mol. The second-order valence-electron chi connectivity index (χ2n) is 4.77. The Hall–Kier alpha value is -1.66. The van der Waals surface area contributed by atoms with E-state index in [0.717, 1.165) is 39.5 Å². The normalized spacial score (nSPS) is 11.7. The van der Waals surface area contributed by atoms with Crippen molar-refractivity contribution in [3.05, 3.63) is 24.3 Å². The van der Waals surface area contributed by atoms with Crippen molar-refractivity contribution in [2.75, 3.05) is 26.4 Å². The predicted octanol–water partition coefficient (Wildman–Crippen LogP) is 0.743. The molecule has 0 amide bonds. The number of hydrogen-bond acceptors (Lipinski definition) is 4. The summed E-state index contributed by atoms with van der Waals surface area (Å²) in [6.07, 6.45) is 0. The van der Waals surface area contributed by atoms with Crippen LogP contribution in [0.5, 0.6) is 0 Å². The number of aromatic nitrogens is 4. The molecule has 0 saturated heterocycles.